The lowest BCUT2D eigenvalue weighted by atomic mass is 10.2. The number of alkyl halides is 3. The molecule has 0 aliphatic rings. The van der Waals surface area contributed by atoms with Crippen LogP contribution in [0.2, 0.25) is 0 Å². The smallest absolute Gasteiger partial charge is 0.379 e. The molecule has 0 aliphatic carbocycles. The number of pyridine rings is 1. The Hall–Kier alpha value is -2.50. The number of halogens is 3. The predicted molar refractivity (Wildman–Crippen MR) is 78.7 cm³/mol. The standard InChI is InChI=1S/C16H14F3N3/c1-11-4-2-7-15-21-14(10-22(11)15)9-20-13-6-3-5-12(8-13)16(17,18)19/h2-8,10,20H,9H2,1H3. The minimum Gasteiger partial charge on any atom is -0.379 e. The molecule has 0 radical (unpaired) electrons. The molecular formula is C16H14F3N3. The van der Waals surface area contributed by atoms with E-state index < -0.39 is 11.7 Å². The maximum atomic E-state index is 12.7. The zero-order valence-electron chi connectivity index (χ0n) is 11.9. The Bertz CT molecular complexity index is 806. The molecule has 3 aromatic rings. The van der Waals surface area contributed by atoms with Crippen LogP contribution in [-0.4, -0.2) is 9.38 Å². The van der Waals surface area contributed by atoms with Gasteiger partial charge in [0.1, 0.15) is 5.65 Å². The van der Waals surface area contributed by atoms with Crippen LogP contribution in [0, 0.1) is 6.92 Å². The van der Waals surface area contributed by atoms with Gasteiger partial charge in [0.2, 0.25) is 0 Å². The first-order valence-corrected chi connectivity index (χ1v) is 6.78. The van der Waals surface area contributed by atoms with E-state index in [0.29, 0.717) is 12.2 Å². The second-order valence-corrected chi connectivity index (χ2v) is 5.06. The molecule has 0 atom stereocenters. The lowest BCUT2D eigenvalue weighted by Crippen LogP contribution is -2.06. The first-order chi connectivity index (χ1) is 10.4. The summed E-state index contributed by atoms with van der Waals surface area (Å²) in [5.74, 6) is 0. The summed E-state index contributed by atoms with van der Waals surface area (Å²) in [6.07, 6.45) is -2.46. The summed E-state index contributed by atoms with van der Waals surface area (Å²) in [5, 5.41) is 2.98. The van der Waals surface area contributed by atoms with Crippen LogP contribution in [0.5, 0.6) is 0 Å². The fraction of sp³-hybridized carbons (Fsp3) is 0.188. The van der Waals surface area contributed by atoms with Crippen LogP contribution in [0.4, 0.5) is 18.9 Å². The number of nitrogens with one attached hydrogen (secondary N) is 1. The first-order valence-electron chi connectivity index (χ1n) is 6.78. The van der Waals surface area contributed by atoms with Gasteiger partial charge in [-0.1, -0.05) is 12.1 Å². The highest BCUT2D eigenvalue weighted by Gasteiger charge is 2.30. The lowest BCUT2D eigenvalue weighted by molar-refractivity contribution is -0.137. The number of benzene rings is 1. The van der Waals surface area contributed by atoms with Crippen LogP contribution in [0.3, 0.4) is 0 Å². The van der Waals surface area contributed by atoms with Crippen LogP contribution in [0.1, 0.15) is 17.0 Å². The molecule has 2 heterocycles. The molecule has 1 aromatic carbocycles. The normalized spacial score (nSPS) is 11.8. The molecule has 6 heteroatoms. The first kappa shape index (κ1) is 14.4. The number of fused-ring (bicyclic) bond motifs is 1. The fourth-order valence-corrected chi connectivity index (χ4v) is 2.28. The van der Waals surface area contributed by atoms with Crippen molar-refractivity contribution in [1.82, 2.24) is 9.38 Å². The van der Waals surface area contributed by atoms with Gasteiger partial charge >= 0.3 is 6.18 Å². The second kappa shape index (κ2) is 5.36. The second-order valence-electron chi connectivity index (χ2n) is 5.06. The van der Waals surface area contributed by atoms with E-state index in [-0.39, 0.29) is 0 Å². The number of hydrogen-bond acceptors (Lipinski definition) is 2. The van der Waals surface area contributed by atoms with Gasteiger partial charge in [-0.05, 0) is 37.3 Å². The summed E-state index contributed by atoms with van der Waals surface area (Å²) < 4.78 is 40.0. The largest absolute Gasteiger partial charge is 0.416 e. The van der Waals surface area contributed by atoms with E-state index in [9.17, 15) is 13.2 Å². The Labute approximate surface area is 125 Å². The van der Waals surface area contributed by atoms with E-state index in [2.05, 4.69) is 10.3 Å². The molecule has 0 unspecified atom stereocenters. The van der Waals surface area contributed by atoms with Gasteiger partial charge < -0.3 is 9.72 Å². The maximum absolute atomic E-state index is 12.7. The van der Waals surface area contributed by atoms with Gasteiger partial charge in [0.25, 0.3) is 0 Å². The topological polar surface area (TPSA) is 29.3 Å². The highest BCUT2D eigenvalue weighted by molar-refractivity contribution is 5.47. The van der Waals surface area contributed by atoms with Crippen LogP contribution < -0.4 is 5.32 Å². The summed E-state index contributed by atoms with van der Waals surface area (Å²) in [7, 11) is 0. The lowest BCUT2D eigenvalue weighted by Gasteiger charge is -2.09. The number of aryl methyl sites for hydroxylation is 1. The summed E-state index contributed by atoms with van der Waals surface area (Å²) in [5.41, 5.74) is 2.40. The summed E-state index contributed by atoms with van der Waals surface area (Å²) in [6, 6.07) is 10.9. The van der Waals surface area contributed by atoms with Crippen molar-refractivity contribution >= 4 is 11.3 Å². The predicted octanol–water partition coefficient (Wildman–Crippen LogP) is 4.27. The van der Waals surface area contributed by atoms with Gasteiger partial charge in [-0.25, -0.2) is 4.98 Å². The third-order valence-electron chi connectivity index (χ3n) is 3.41. The van der Waals surface area contributed by atoms with Gasteiger partial charge in [0.15, 0.2) is 0 Å². The van der Waals surface area contributed by atoms with Crippen molar-refractivity contribution in [3.63, 3.8) is 0 Å². The summed E-state index contributed by atoms with van der Waals surface area (Å²) >= 11 is 0. The van der Waals surface area contributed by atoms with Crippen LogP contribution in [0.15, 0.2) is 48.7 Å². The van der Waals surface area contributed by atoms with Crippen molar-refractivity contribution < 1.29 is 13.2 Å². The molecule has 0 bridgehead atoms. The molecule has 3 nitrogen and oxygen atoms in total. The van der Waals surface area contributed by atoms with Crippen molar-refractivity contribution in [2.45, 2.75) is 19.6 Å². The number of imidazole rings is 1. The Morgan fingerprint density at radius 1 is 1.14 bits per heavy atom. The Balaban J connectivity index is 1.78. The zero-order valence-corrected chi connectivity index (χ0v) is 11.9. The number of hydrogen-bond donors (Lipinski definition) is 1. The maximum Gasteiger partial charge on any atom is 0.416 e. The number of anilines is 1. The minimum atomic E-state index is -4.34. The zero-order chi connectivity index (χ0) is 15.7. The van der Waals surface area contributed by atoms with Crippen molar-refractivity contribution in [3.8, 4) is 0 Å². The van der Waals surface area contributed by atoms with E-state index in [1.165, 1.54) is 6.07 Å². The van der Waals surface area contributed by atoms with Crippen molar-refractivity contribution in [2.24, 2.45) is 0 Å². The summed E-state index contributed by atoms with van der Waals surface area (Å²) in [6.45, 7) is 2.33. The highest BCUT2D eigenvalue weighted by atomic mass is 19.4. The fourth-order valence-electron chi connectivity index (χ4n) is 2.28. The minimum absolute atomic E-state index is 0.364. The number of aromatic nitrogens is 2. The number of rotatable bonds is 3. The van der Waals surface area contributed by atoms with E-state index in [0.717, 1.165) is 29.2 Å². The Morgan fingerprint density at radius 2 is 1.91 bits per heavy atom. The van der Waals surface area contributed by atoms with Gasteiger partial charge in [-0.3, -0.25) is 0 Å². The Morgan fingerprint density at radius 3 is 2.64 bits per heavy atom. The Kier molecular flexibility index (Phi) is 3.52. The number of nitrogens with zero attached hydrogens (tertiary/aromatic N) is 2. The molecule has 22 heavy (non-hydrogen) atoms. The van der Waals surface area contributed by atoms with Crippen LogP contribution in [-0.2, 0) is 12.7 Å². The molecule has 3 rings (SSSR count). The molecule has 2 aromatic heterocycles. The molecule has 0 saturated heterocycles. The average molecular weight is 305 g/mol. The third-order valence-corrected chi connectivity index (χ3v) is 3.41. The molecule has 0 spiro atoms. The van der Waals surface area contributed by atoms with Crippen molar-refractivity contribution in [3.05, 3.63) is 65.6 Å². The van der Waals surface area contributed by atoms with Gasteiger partial charge in [0.05, 0.1) is 17.8 Å². The SMILES string of the molecule is Cc1cccc2nc(CNc3cccc(C(F)(F)F)c3)cn12. The van der Waals surface area contributed by atoms with Crippen molar-refractivity contribution in [2.75, 3.05) is 5.32 Å². The summed E-state index contributed by atoms with van der Waals surface area (Å²) in [4.78, 5) is 4.44. The van der Waals surface area contributed by atoms with Gasteiger partial charge in [-0.2, -0.15) is 13.2 Å². The highest BCUT2D eigenvalue weighted by Crippen LogP contribution is 2.30. The van der Waals surface area contributed by atoms with Gasteiger partial charge in [-0.15, -0.1) is 0 Å². The molecule has 1 N–H and O–H groups in total. The molecule has 0 fully saturated rings. The average Bonchev–Trinajstić information content (AvgIpc) is 2.89. The van der Waals surface area contributed by atoms with Crippen molar-refractivity contribution in [1.29, 1.82) is 0 Å². The molecule has 0 amide bonds. The van der Waals surface area contributed by atoms with E-state index in [1.54, 1.807) is 6.07 Å². The molecule has 0 aliphatic heterocycles. The van der Waals surface area contributed by atoms with E-state index >= 15 is 0 Å². The molecular weight excluding hydrogens is 291 g/mol. The van der Waals surface area contributed by atoms with E-state index in [4.69, 9.17) is 0 Å². The molecule has 0 saturated carbocycles. The third kappa shape index (κ3) is 2.90. The van der Waals surface area contributed by atoms with Crippen LogP contribution in [0.25, 0.3) is 5.65 Å². The quantitative estimate of drug-likeness (QED) is 0.783. The van der Waals surface area contributed by atoms with E-state index in [1.807, 2.05) is 35.7 Å². The van der Waals surface area contributed by atoms with Crippen LogP contribution >= 0.6 is 0 Å². The molecule has 114 valence electrons. The monoisotopic (exact) mass is 305 g/mol. The van der Waals surface area contributed by atoms with Gasteiger partial charge in [0, 0.05) is 17.6 Å².